The number of aromatic nitrogens is 2. The first-order valence-corrected chi connectivity index (χ1v) is 9.26. The van der Waals surface area contributed by atoms with Crippen molar-refractivity contribution in [2.75, 3.05) is 0 Å². The molecule has 4 aromatic rings. The average molecular weight is 414 g/mol. The molecule has 0 spiro atoms. The number of hydrogen-bond acceptors (Lipinski definition) is 5. The normalized spacial score (nSPS) is 11.5. The second kappa shape index (κ2) is 8.50. The predicted octanol–water partition coefficient (Wildman–Crippen LogP) is 4.50. The van der Waals surface area contributed by atoms with Gasteiger partial charge >= 0.3 is 0 Å². The number of non-ortho nitro benzene ring substituents is 1. The number of nitro groups is 1. The molecule has 0 radical (unpaired) electrons. The molecule has 1 aromatic heterocycles. The molecule has 0 saturated heterocycles. The molecule has 31 heavy (non-hydrogen) atoms. The Kier molecular flexibility index (Phi) is 5.44. The summed E-state index contributed by atoms with van der Waals surface area (Å²) in [6.45, 7) is 0. The van der Waals surface area contributed by atoms with E-state index < -0.39 is 16.3 Å². The van der Waals surface area contributed by atoms with Gasteiger partial charge < -0.3 is 0 Å². The third kappa shape index (κ3) is 4.27. The Balaban J connectivity index is 1.79. The number of hydrogen-bond donors (Lipinski definition) is 0. The maximum atomic E-state index is 13.9. The van der Waals surface area contributed by atoms with E-state index in [4.69, 9.17) is 0 Å². The average Bonchev–Trinajstić information content (AvgIpc) is 2.78. The van der Waals surface area contributed by atoms with E-state index in [1.807, 2.05) is 0 Å². The van der Waals surface area contributed by atoms with Gasteiger partial charge in [-0.1, -0.05) is 36.4 Å². The molecular formula is C23H15FN4O3. The molecule has 7 nitrogen and oxygen atoms in total. The Labute approximate surface area is 175 Å². The van der Waals surface area contributed by atoms with Crippen LogP contribution in [0.5, 0.6) is 0 Å². The summed E-state index contributed by atoms with van der Waals surface area (Å²) in [5.41, 5.74) is 0.979. The van der Waals surface area contributed by atoms with E-state index in [9.17, 15) is 19.3 Å². The number of nitrogens with zero attached hydrogens (tertiary/aromatic N) is 4. The summed E-state index contributed by atoms with van der Waals surface area (Å²) < 4.78 is 15.0. The van der Waals surface area contributed by atoms with Crippen LogP contribution < -0.4 is 5.56 Å². The first-order valence-electron chi connectivity index (χ1n) is 9.26. The van der Waals surface area contributed by atoms with Crippen molar-refractivity contribution in [1.29, 1.82) is 0 Å². The number of benzene rings is 3. The molecule has 0 aliphatic rings. The minimum atomic E-state index is -0.479. The molecule has 0 saturated carbocycles. The summed E-state index contributed by atoms with van der Waals surface area (Å²) in [4.78, 5) is 27.8. The highest BCUT2D eigenvalue weighted by Crippen LogP contribution is 2.15. The van der Waals surface area contributed by atoms with E-state index in [1.165, 1.54) is 24.4 Å². The number of para-hydroxylation sites is 1. The van der Waals surface area contributed by atoms with Crippen LogP contribution in [0.15, 0.2) is 82.7 Å². The molecule has 0 N–H and O–H groups in total. The Morgan fingerprint density at radius 2 is 1.68 bits per heavy atom. The van der Waals surface area contributed by atoms with E-state index in [0.717, 1.165) is 4.68 Å². The highest BCUT2D eigenvalue weighted by molar-refractivity contribution is 5.81. The van der Waals surface area contributed by atoms with Gasteiger partial charge in [0.2, 0.25) is 0 Å². The lowest BCUT2D eigenvalue weighted by Gasteiger charge is -2.06. The van der Waals surface area contributed by atoms with Crippen molar-refractivity contribution in [3.05, 3.63) is 116 Å². The van der Waals surface area contributed by atoms with Crippen molar-refractivity contribution in [3.8, 4) is 0 Å². The topological polar surface area (TPSA) is 90.4 Å². The van der Waals surface area contributed by atoms with E-state index in [-0.39, 0.29) is 17.1 Å². The third-order valence-electron chi connectivity index (χ3n) is 4.53. The van der Waals surface area contributed by atoms with Crippen LogP contribution in [0.1, 0.15) is 17.0 Å². The van der Waals surface area contributed by atoms with Crippen molar-refractivity contribution in [2.24, 2.45) is 5.10 Å². The molecule has 0 unspecified atom stereocenters. The Morgan fingerprint density at radius 1 is 0.968 bits per heavy atom. The van der Waals surface area contributed by atoms with Crippen molar-refractivity contribution in [3.63, 3.8) is 0 Å². The lowest BCUT2D eigenvalue weighted by molar-refractivity contribution is -0.384. The van der Waals surface area contributed by atoms with Crippen molar-refractivity contribution in [1.82, 2.24) is 9.66 Å². The molecule has 0 aliphatic carbocycles. The summed E-state index contributed by atoms with van der Waals surface area (Å²) in [5.74, 6) is -0.231. The van der Waals surface area contributed by atoms with Gasteiger partial charge in [-0.15, -0.1) is 0 Å². The zero-order valence-corrected chi connectivity index (χ0v) is 16.1. The molecule has 0 amide bonds. The molecule has 3 aromatic carbocycles. The quantitative estimate of drug-likeness (QED) is 0.273. The Morgan fingerprint density at radius 3 is 2.42 bits per heavy atom. The van der Waals surface area contributed by atoms with Crippen LogP contribution in [0.3, 0.4) is 0 Å². The van der Waals surface area contributed by atoms with Crippen molar-refractivity contribution < 1.29 is 9.31 Å². The summed E-state index contributed by atoms with van der Waals surface area (Å²) in [7, 11) is 0. The maximum Gasteiger partial charge on any atom is 0.282 e. The van der Waals surface area contributed by atoms with Crippen LogP contribution >= 0.6 is 0 Å². The largest absolute Gasteiger partial charge is 0.282 e. The van der Waals surface area contributed by atoms with E-state index in [2.05, 4.69) is 10.1 Å². The van der Waals surface area contributed by atoms with Gasteiger partial charge in [0.15, 0.2) is 5.82 Å². The first kappa shape index (κ1) is 19.8. The van der Waals surface area contributed by atoms with E-state index >= 15 is 0 Å². The molecule has 152 valence electrons. The fourth-order valence-electron chi connectivity index (χ4n) is 2.94. The first-order chi connectivity index (χ1) is 15.0. The monoisotopic (exact) mass is 414 g/mol. The fourth-order valence-corrected chi connectivity index (χ4v) is 2.94. The van der Waals surface area contributed by atoms with Crippen LogP contribution in [0, 0.1) is 15.9 Å². The Hall–Kier alpha value is -4.46. The van der Waals surface area contributed by atoms with Gasteiger partial charge in [0.25, 0.3) is 11.2 Å². The molecular weight excluding hydrogens is 399 g/mol. The minimum Gasteiger partial charge on any atom is -0.267 e. The van der Waals surface area contributed by atoms with Crippen LogP contribution in [0.25, 0.3) is 23.1 Å². The lowest BCUT2D eigenvalue weighted by Crippen LogP contribution is -2.20. The molecule has 1 heterocycles. The van der Waals surface area contributed by atoms with Crippen LogP contribution in [-0.2, 0) is 0 Å². The highest BCUT2D eigenvalue weighted by Gasteiger charge is 2.09. The van der Waals surface area contributed by atoms with Crippen LogP contribution in [0.4, 0.5) is 10.1 Å². The zero-order valence-electron chi connectivity index (χ0n) is 16.1. The highest BCUT2D eigenvalue weighted by atomic mass is 19.1. The smallest absolute Gasteiger partial charge is 0.267 e. The third-order valence-corrected chi connectivity index (χ3v) is 4.53. The van der Waals surface area contributed by atoms with Gasteiger partial charge in [0.05, 0.1) is 22.0 Å². The van der Waals surface area contributed by atoms with Gasteiger partial charge in [-0.25, -0.2) is 9.37 Å². The molecule has 4 rings (SSSR count). The molecule has 0 aliphatic heterocycles. The SMILES string of the molecule is O=c1c2ccccc2nc(/C=C/c2ccc([N+](=O)[O-])cc2)n1N=Cc1ccccc1F. The maximum absolute atomic E-state index is 13.9. The Bertz CT molecular complexity index is 1390. The number of fused-ring (bicyclic) bond motifs is 1. The zero-order chi connectivity index (χ0) is 21.8. The molecule has 8 heteroatoms. The number of nitro benzene ring substituents is 1. The molecule has 0 fully saturated rings. The number of rotatable bonds is 5. The second-order valence-electron chi connectivity index (χ2n) is 6.55. The predicted molar refractivity (Wildman–Crippen MR) is 117 cm³/mol. The number of halogens is 1. The van der Waals surface area contributed by atoms with Crippen molar-refractivity contribution >= 4 is 35.0 Å². The summed E-state index contributed by atoms with van der Waals surface area (Å²) in [5, 5.41) is 15.4. The minimum absolute atomic E-state index is 0.0209. The van der Waals surface area contributed by atoms with Gasteiger partial charge in [-0.2, -0.15) is 9.78 Å². The van der Waals surface area contributed by atoms with Crippen molar-refractivity contribution in [2.45, 2.75) is 0 Å². The second-order valence-corrected chi connectivity index (χ2v) is 6.55. The summed E-state index contributed by atoms with van der Waals surface area (Å²) in [6.07, 6.45) is 4.50. The molecule has 0 atom stereocenters. The van der Waals surface area contributed by atoms with E-state index in [0.29, 0.717) is 16.5 Å². The summed E-state index contributed by atoms with van der Waals surface area (Å²) >= 11 is 0. The standard InChI is InChI=1S/C23H15FN4O3/c24-20-7-3-1-5-17(20)15-25-27-22(26-21-8-4-2-6-19(21)23(27)29)14-11-16-9-12-18(13-10-16)28(30)31/h1-15H/b14-11+,25-15?. The van der Waals surface area contributed by atoms with Gasteiger partial charge in [-0.3, -0.25) is 14.9 Å². The molecule has 0 bridgehead atoms. The van der Waals surface area contributed by atoms with Gasteiger partial charge in [0, 0.05) is 17.7 Å². The van der Waals surface area contributed by atoms with Gasteiger partial charge in [0.1, 0.15) is 5.82 Å². The lowest BCUT2D eigenvalue weighted by atomic mass is 10.2. The van der Waals surface area contributed by atoms with Crippen LogP contribution in [0.2, 0.25) is 0 Å². The summed E-state index contributed by atoms with van der Waals surface area (Å²) in [6, 6.07) is 18.9. The van der Waals surface area contributed by atoms with Gasteiger partial charge in [-0.05, 0) is 42.0 Å². The van der Waals surface area contributed by atoms with Crippen LogP contribution in [-0.4, -0.2) is 20.8 Å². The fraction of sp³-hybridized carbons (Fsp3) is 0. The van der Waals surface area contributed by atoms with E-state index in [1.54, 1.807) is 66.7 Å².